The van der Waals surface area contributed by atoms with Crippen LogP contribution in [0.2, 0.25) is 0 Å². The van der Waals surface area contributed by atoms with E-state index in [2.05, 4.69) is 0 Å². The second-order valence-corrected chi connectivity index (χ2v) is 2.64. The summed E-state index contributed by atoms with van der Waals surface area (Å²) < 4.78 is 9.95. The quantitative estimate of drug-likeness (QED) is 0.628. The van der Waals surface area contributed by atoms with Gasteiger partial charge in [0.1, 0.15) is 0 Å². The maximum Gasteiger partial charge on any atom is 0.203 e. The van der Waals surface area contributed by atoms with Crippen molar-refractivity contribution in [1.29, 1.82) is 0 Å². The first-order valence-corrected chi connectivity index (χ1v) is 4.04. The van der Waals surface area contributed by atoms with Gasteiger partial charge in [0.2, 0.25) is 5.75 Å². The van der Waals surface area contributed by atoms with E-state index in [1.165, 1.54) is 14.2 Å². The molecular weight excluding hydrogens is 186 g/mol. The second kappa shape index (κ2) is 4.69. The van der Waals surface area contributed by atoms with Crippen LogP contribution in [-0.4, -0.2) is 24.5 Å². The predicted molar refractivity (Wildman–Crippen MR) is 49.8 cm³/mol. The molecular formula is C9H13NO4. The second-order valence-electron chi connectivity index (χ2n) is 2.64. The molecule has 1 aromatic rings. The highest BCUT2D eigenvalue weighted by Crippen LogP contribution is 2.38. The zero-order valence-corrected chi connectivity index (χ0v) is 8.07. The first kappa shape index (κ1) is 10.6. The third-order valence-corrected chi connectivity index (χ3v) is 1.87. The Balaban J connectivity index is 3.13. The van der Waals surface area contributed by atoms with Crippen LogP contribution in [0.4, 0.5) is 0 Å². The number of phenols is 1. The molecule has 5 nitrogen and oxygen atoms in total. The smallest absolute Gasteiger partial charge is 0.203 e. The number of nitrogens with one attached hydrogen (secondary N) is 1. The van der Waals surface area contributed by atoms with E-state index >= 15 is 0 Å². The Hall–Kier alpha value is -1.46. The molecule has 3 N–H and O–H groups in total. The molecule has 0 fully saturated rings. The van der Waals surface area contributed by atoms with E-state index in [0.29, 0.717) is 11.3 Å². The van der Waals surface area contributed by atoms with E-state index in [-0.39, 0.29) is 18.0 Å². The van der Waals surface area contributed by atoms with Crippen molar-refractivity contribution < 1.29 is 19.8 Å². The maximum atomic E-state index is 9.68. The molecule has 0 saturated carbocycles. The Bertz CT molecular complexity index is 314. The third kappa shape index (κ3) is 1.89. The van der Waals surface area contributed by atoms with E-state index in [9.17, 15) is 5.11 Å². The van der Waals surface area contributed by atoms with Crippen molar-refractivity contribution in [3.63, 3.8) is 0 Å². The lowest BCUT2D eigenvalue weighted by Crippen LogP contribution is -2.06. The average Bonchev–Trinajstić information content (AvgIpc) is 2.21. The lowest BCUT2D eigenvalue weighted by molar-refractivity contribution is 0.160. The summed E-state index contributed by atoms with van der Waals surface area (Å²) in [6.07, 6.45) is 0. The molecule has 0 unspecified atom stereocenters. The number of hydrogen-bond acceptors (Lipinski definition) is 5. The molecule has 0 heterocycles. The number of rotatable bonds is 4. The van der Waals surface area contributed by atoms with Gasteiger partial charge in [0.25, 0.3) is 0 Å². The van der Waals surface area contributed by atoms with Crippen molar-refractivity contribution in [2.24, 2.45) is 0 Å². The highest BCUT2D eigenvalue weighted by molar-refractivity contribution is 5.54. The van der Waals surface area contributed by atoms with Gasteiger partial charge in [0.05, 0.1) is 14.2 Å². The SMILES string of the molecule is COc1ccc(CNO)c(O)c1OC. The van der Waals surface area contributed by atoms with Crippen molar-refractivity contribution in [2.75, 3.05) is 14.2 Å². The summed E-state index contributed by atoms with van der Waals surface area (Å²) in [5.74, 6) is 0.681. The number of aromatic hydroxyl groups is 1. The molecule has 78 valence electrons. The summed E-state index contributed by atoms with van der Waals surface area (Å²) in [6, 6.07) is 3.30. The zero-order chi connectivity index (χ0) is 10.6. The fraction of sp³-hybridized carbons (Fsp3) is 0.333. The molecule has 5 heteroatoms. The summed E-state index contributed by atoms with van der Waals surface area (Å²) in [5.41, 5.74) is 2.49. The molecule has 0 aliphatic heterocycles. The van der Waals surface area contributed by atoms with Crippen molar-refractivity contribution in [1.82, 2.24) is 5.48 Å². The van der Waals surface area contributed by atoms with E-state index in [1.54, 1.807) is 12.1 Å². The number of ether oxygens (including phenoxy) is 2. The minimum absolute atomic E-state index is 0.0339. The standard InChI is InChI=1S/C9H13NO4/c1-13-7-4-3-6(5-10-12)8(11)9(7)14-2/h3-4,10-12H,5H2,1-2H3. The number of methoxy groups -OCH3 is 2. The first-order valence-electron chi connectivity index (χ1n) is 4.04. The van der Waals surface area contributed by atoms with Crippen LogP contribution in [0.3, 0.4) is 0 Å². The average molecular weight is 199 g/mol. The molecule has 0 saturated heterocycles. The van der Waals surface area contributed by atoms with E-state index in [0.717, 1.165) is 0 Å². The fourth-order valence-electron chi connectivity index (χ4n) is 1.18. The van der Waals surface area contributed by atoms with E-state index < -0.39 is 0 Å². The Kier molecular flexibility index (Phi) is 3.55. The Morgan fingerprint density at radius 3 is 2.50 bits per heavy atom. The molecule has 0 bridgehead atoms. The number of hydrogen-bond donors (Lipinski definition) is 3. The maximum absolute atomic E-state index is 9.68. The monoisotopic (exact) mass is 199 g/mol. The van der Waals surface area contributed by atoms with Gasteiger partial charge in [-0.3, -0.25) is 0 Å². The minimum atomic E-state index is -0.0339. The highest BCUT2D eigenvalue weighted by atomic mass is 16.5. The van der Waals surface area contributed by atoms with Crippen molar-refractivity contribution in [3.8, 4) is 17.2 Å². The molecule has 0 spiro atoms. The van der Waals surface area contributed by atoms with Crippen LogP contribution in [0.25, 0.3) is 0 Å². The number of phenolic OH excluding ortho intramolecular Hbond substituents is 1. The van der Waals surface area contributed by atoms with Crippen LogP contribution in [0, 0.1) is 0 Å². The van der Waals surface area contributed by atoms with Gasteiger partial charge in [0, 0.05) is 12.1 Å². The van der Waals surface area contributed by atoms with Crippen LogP contribution >= 0.6 is 0 Å². The van der Waals surface area contributed by atoms with Crippen LogP contribution in [0.15, 0.2) is 12.1 Å². The van der Waals surface area contributed by atoms with Gasteiger partial charge in [-0.05, 0) is 12.1 Å². The van der Waals surface area contributed by atoms with Crippen LogP contribution in [-0.2, 0) is 6.54 Å². The lowest BCUT2D eigenvalue weighted by Gasteiger charge is -2.11. The van der Waals surface area contributed by atoms with Gasteiger partial charge in [-0.15, -0.1) is 0 Å². The van der Waals surface area contributed by atoms with Gasteiger partial charge >= 0.3 is 0 Å². The Morgan fingerprint density at radius 2 is 2.00 bits per heavy atom. The predicted octanol–water partition coefficient (Wildman–Crippen LogP) is 0.888. The van der Waals surface area contributed by atoms with Gasteiger partial charge in [-0.1, -0.05) is 0 Å². The molecule has 1 aromatic carbocycles. The summed E-state index contributed by atoms with van der Waals surface area (Å²) in [5, 5.41) is 18.2. The Morgan fingerprint density at radius 1 is 1.29 bits per heavy atom. The van der Waals surface area contributed by atoms with Crippen LogP contribution < -0.4 is 15.0 Å². The van der Waals surface area contributed by atoms with Crippen LogP contribution in [0.5, 0.6) is 17.2 Å². The van der Waals surface area contributed by atoms with Gasteiger partial charge in [-0.25, -0.2) is 5.48 Å². The largest absolute Gasteiger partial charge is 0.504 e. The summed E-state index contributed by atoms with van der Waals surface area (Å²) >= 11 is 0. The molecule has 0 aliphatic carbocycles. The van der Waals surface area contributed by atoms with Crippen molar-refractivity contribution >= 4 is 0 Å². The summed E-state index contributed by atoms with van der Waals surface area (Å²) in [6.45, 7) is 0.145. The molecule has 0 aromatic heterocycles. The topological polar surface area (TPSA) is 71.0 Å². The molecule has 0 aliphatic rings. The summed E-state index contributed by atoms with van der Waals surface area (Å²) in [7, 11) is 2.93. The molecule has 0 amide bonds. The van der Waals surface area contributed by atoms with Crippen molar-refractivity contribution in [3.05, 3.63) is 17.7 Å². The first-order chi connectivity index (χ1) is 6.74. The van der Waals surface area contributed by atoms with Crippen molar-refractivity contribution in [2.45, 2.75) is 6.54 Å². The van der Waals surface area contributed by atoms with Gasteiger partial charge in [-0.2, -0.15) is 0 Å². The normalized spacial score (nSPS) is 9.93. The molecule has 0 radical (unpaired) electrons. The highest BCUT2D eigenvalue weighted by Gasteiger charge is 2.13. The fourth-order valence-corrected chi connectivity index (χ4v) is 1.18. The minimum Gasteiger partial charge on any atom is -0.504 e. The number of benzene rings is 1. The van der Waals surface area contributed by atoms with Crippen LogP contribution in [0.1, 0.15) is 5.56 Å². The van der Waals surface area contributed by atoms with E-state index in [1.807, 2.05) is 5.48 Å². The third-order valence-electron chi connectivity index (χ3n) is 1.87. The summed E-state index contributed by atoms with van der Waals surface area (Å²) in [4.78, 5) is 0. The molecule has 14 heavy (non-hydrogen) atoms. The lowest BCUT2D eigenvalue weighted by atomic mass is 10.1. The molecule has 1 rings (SSSR count). The zero-order valence-electron chi connectivity index (χ0n) is 8.07. The molecule has 0 atom stereocenters. The number of hydroxylamine groups is 1. The van der Waals surface area contributed by atoms with E-state index in [4.69, 9.17) is 14.7 Å². The van der Waals surface area contributed by atoms with Gasteiger partial charge < -0.3 is 19.8 Å². The van der Waals surface area contributed by atoms with Gasteiger partial charge in [0.15, 0.2) is 11.5 Å². The Labute approximate surface area is 81.8 Å².